The van der Waals surface area contributed by atoms with Crippen LogP contribution in [-0.2, 0) is 0 Å². The minimum Gasteiger partial charge on any atom is -0.457 e. The number of carbonyl (C=O) groups excluding carboxylic acids is 1. The maximum Gasteiger partial charge on any atom is 0.412 e. The molecule has 3 aromatic rings. The SMILES string of the molecule is Cc1oc(-c2ccccc2)cc1OC(=O)NC1CCC(C(c2cccc(F)c2)N(C)C)CC1. The molecule has 1 fully saturated rings. The Balaban J connectivity index is 1.33. The Morgan fingerprint density at radius 2 is 1.79 bits per heavy atom. The number of ether oxygens (including phenoxy) is 1. The van der Waals surface area contributed by atoms with Crippen molar-refractivity contribution in [1.82, 2.24) is 10.2 Å². The molecule has 1 atom stereocenters. The zero-order valence-corrected chi connectivity index (χ0v) is 19.4. The minimum absolute atomic E-state index is 0.0601. The van der Waals surface area contributed by atoms with Crippen molar-refractivity contribution in [2.75, 3.05) is 14.1 Å². The molecule has 0 aliphatic heterocycles. The number of rotatable bonds is 6. The predicted octanol–water partition coefficient (Wildman–Crippen LogP) is 6.34. The largest absolute Gasteiger partial charge is 0.457 e. The van der Waals surface area contributed by atoms with Gasteiger partial charge in [-0.2, -0.15) is 0 Å². The summed E-state index contributed by atoms with van der Waals surface area (Å²) >= 11 is 0. The van der Waals surface area contributed by atoms with Crippen LogP contribution in [0.15, 0.2) is 65.1 Å². The fraction of sp³-hybridized carbons (Fsp3) is 0.370. The van der Waals surface area contributed by atoms with Crippen LogP contribution < -0.4 is 10.1 Å². The van der Waals surface area contributed by atoms with Gasteiger partial charge in [-0.05, 0) is 70.3 Å². The minimum atomic E-state index is -0.462. The second-order valence-electron chi connectivity index (χ2n) is 9.01. The summed E-state index contributed by atoms with van der Waals surface area (Å²) in [6.07, 6.45) is 3.16. The molecule has 1 N–H and O–H groups in total. The van der Waals surface area contributed by atoms with Crippen LogP contribution in [0, 0.1) is 18.7 Å². The molecule has 1 heterocycles. The van der Waals surface area contributed by atoms with Crippen LogP contribution in [-0.4, -0.2) is 31.1 Å². The molecule has 2 aromatic carbocycles. The Morgan fingerprint density at radius 1 is 1.06 bits per heavy atom. The molecule has 0 radical (unpaired) electrons. The highest BCUT2D eigenvalue weighted by atomic mass is 19.1. The third-order valence-electron chi connectivity index (χ3n) is 6.42. The standard InChI is InChI=1S/C27H31FN2O3/c1-18-24(17-25(32-18)19-8-5-4-6-9-19)33-27(31)29-23-14-12-20(13-15-23)26(30(2)3)21-10-7-11-22(28)16-21/h4-11,16-17,20,23,26H,12-15H2,1-3H3,(H,29,31). The topological polar surface area (TPSA) is 54.7 Å². The van der Waals surface area contributed by atoms with E-state index in [0.717, 1.165) is 36.8 Å². The molecule has 1 aliphatic rings. The number of benzene rings is 2. The van der Waals surface area contributed by atoms with E-state index in [9.17, 15) is 9.18 Å². The fourth-order valence-corrected chi connectivity index (χ4v) is 4.87. The summed E-state index contributed by atoms with van der Waals surface area (Å²) in [5, 5.41) is 3.00. The number of halogens is 1. The number of carbonyl (C=O) groups is 1. The van der Waals surface area contributed by atoms with E-state index >= 15 is 0 Å². The van der Waals surface area contributed by atoms with Crippen LogP contribution in [0.3, 0.4) is 0 Å². The van der Waals surface area contributed by atoms with Crippen molar-refractivity contribution in [1.29, 1.82) is 0 Å². The molecule has 0 bridgehead atoms. The van der Waals surface area contributed by atoms with E-state index in [0.29, 0.717) is 23.2 Å². The van der Waals surface area contributed by atoms with E-state index in [1.165, 1.54) is 6.07 Å². The molecule has 1 saturated carbocycles. The highest BCUT2D eigenvalue weighted by Crippen LogP contribution is 2.37. The van der Waals surface area contributed by atoms with Gasteiger partial charge in [0.2, 0.25) is 0 Å². The van der Waals surface area contributed by atoms with Gasteiger partial charge in [-0.3, -0.25) is 0 Å². The Hall–Kier alpha value is -3.12. The van der Waals surface area contributed by atoms with Gasteiger partial charge in [-0.25, -0.2) is 9.18 Å². The third-order valence-corrected chi connectivity index (χ3v) is 6.42. The first kappa shape index (κ1) is 23.1. The van der Waals surface area contributed by atoms with E-state index in [2.05, 4.69) is 10.2 Å². The number of hydrogen-bond donors (Lipinski definition) is 1. The summed E-state index contributed by atoms with van der Waals surface area (Å²) in [7, 11) is 4.07. The number of nitrogens with one attached hydrogen (secondary N) is 1. The molecule has 1 aromatic heterocycles. The molecular formula is C27H31FN2O3. The van der Waals surface area contributed by atoms with Crippen LogP contribution in [0.5, 0.6) is 5.75 Å². The lowest BCUT2D eigenvalue weighted by molar-refractivity contribution is 0.150. The van der Waals surface area contributed by atoms with E-state index in [1.807, 2.05) is 50.5 Å². The van der Waals surface area contributed by atoms with Crippen molar-refractivity contribution in [2.24, 2.45) is 5.92 Å². The Labute approximate surface area is 194 Å². The molecule has 1 amide bonds. The van der Waals surface area contributed by atoms with Gasteiger partial charge in [-0.15, -0.1) is 0 Å². The second kappa shape index (κ2) is 10.2. The zero-order chi connectivity index (χ0) is 23.4. The molecule has 4 rings (SSSR count). The van der Waals surface area contributed by atoms with Gasteiger partial charge in [0.05, 0.1) is 0 Å². The summed E-state index contributed by atoms with van der Waals surface area (Å²) in [6.45, 7) is 1.79. The van der Waals surface area contributed by atoms with Gasteiger partial charge in [-0.1, -0.05) is 42.5 Å². The summed E-state index contributed by atoms with van der Waals surface area (Å²) in [5.74, 6) is 1.86. The van der Waals surface area contributed by atoms with E-state index < -0.39 is 6.09 Å². The predicted molar refractivity (Wildman–Crippen MR) is 127 cm³/mol. The lowest BCUT2D eigenvalue weighted by atomic mass is 9.78. The summed E-state index contributed by atoms with van der Waals surface area (Å²) < 4.78 is 25.1. The maximum atomic E-state index is 13.8. The molecule has 0 spiro atoms. The molecule has 33 heavy (non-hydrogen) atoms. The van der Waals surface area contributed by atoms with Gasteiger partial charge >= 0.3 is 6.09 Å². The molecule has 0 saturated heterocycles. The highest BCUT2D eigenvalue weighted by Gasteiger charge is 2.31. The van der Waals surface area contributed by atoms with Crippen molar-refractivity contribution in [2.45, 2.75) is 44.7 Å². The molecule has 1 unspecified atom stereocenters. The number of nitrogens with zero attached hydrogens (tertiary/aromatic N) is 1. The zero-order valence-electron chi connectivity index (χ0n) is 19.4. The average Bonchev–Trinajstić information content (AvgIpc) is 3.15. The molecule has 6 heteroatoms. The van der Waals surface area contributed by atoms with Crippen LogP contribution >= 0.6 is 0 Å². The van der Waals surface area contributed by atoms with Gasteiger partial charge in [0.1, 0.15) is 17.3 Å². The maximum absolute atomic E-state index is 13.8. The molecule has 5 nitrogen and oxygen atoms in total. The summed E-state index contributed by atoms with van der Waals surface area (Å²) in [6, 6.07) is 18.5. The third kappa shape index (κ3) is 5.63. The Kier molecular flexibility index (Phi) is 7.14. The lowest BCUT2D eigenvalue weighted by Gasteiger charge is -2.37. The normalized spacial score (nSPS) is 19.3. The lowest BCUT2D eigenvalue weighted by Crippen LogP contribution is -2.41. The van der Waals surface area contributed by atoms with Crippen LogP contribution in [0.25, 0.3) is 11.3 Å². The first-order valence-corrected chi connectivity index (χ1v) is 11.5. The second-order valence-corrected chi connectivity index (χ2v) is 9.01. The smallest absolute Gasteiger partial charge is 0.412 e. The number of furan rings is 1. The van der Waals surface area contributed by atoms with Gasteiger partial charge < -0.3 is 19.4 Å². The molecule has 1 aliphatic carbocycles. The molecular weight excluding hydrogens is 419 g/mol. The average molecular weight is 451 g/mol. The van der Waals surface area contributed by atoms with Crippen LogP contribution in [0.2, 0.25) is 0 Å². The first-order chi connectivity index (χ1) is 15.9. The number of hydrogen-bond acceptors (Lipinski definition) is 4. The van der Waals surface area contributed by atoms with Gasteiger partial charge in [0.25, 0.3) is 0 Å². The summed E-state index contributed by atoms with van der Waals surface area (Å²) in [4.78, 5) is 14.7. The number of aryl methyl sites for hydroxylation is 1. The van der Waals surface area contributed by atoms with Crippen molar-refractivity contribution in [3.05, 3.63) is 77.8 Å². The van der Waals surface area contributed by atoms with E-state index in [4.69, 9.17) is 9.15 Å². The molecule has 174 valence electrons. The Bertz CT molecular complexity index is 1070. The van der Waals surface area contributed by atoms with E-state index in [1.54, 1.807) is 25.1 Å². The number of amides is 1. The van der Waals surface area contributed by atoms with E-state index in [-0.39, 0.29) is 17.9 Å². The van der Waals surface area contributed by atoms with Gasteiger partial charge in [0, 0.05) is 23.7 Å². The summed E-state index contributed by atoms with van der Waals surface area (Å²) in [5.41, 5.74) is 1.93. The quantitative estimate of drug-likeness (QED) is 0.476. The van der Waals surface area contributed by atoms with Crippen LogP contribution in [0.4, 0.5) is 9.18 Å². The fourth-order valence-electron chi connectivity index (χ4n) is 4.87. The Morgan fingerprint density at radius 3 is 2.45 bits per heavy atom. The van der Waals surface area contributed by atoms with Crippen molar-refractivity contribution < 1.29 is 18.3 Å². The highest BCUT2D eigenvalue weighted by molar-refractivity contribution is 5.72. The van der Waals surface area contributed by atoms with Crippen molar-refractivity contribution >= 4 is 6.09 Å². The van der Waals surface area contributed by atoms with Crippen LogP contribution in [0.1, 0.15) is 43.0 Å². The van der Waals surface area contributed by atoms with Crippen molar-refractivity contribution in [3.63, 3.8) is 0 Å². The monoisotopic (exact) mass is 450 g/mol. The van der Waals surface area contributed by atoms with Gasteiger partial charge in [0.15, 0.2) is 5.75 Å². The van der Waals surface area contributed by atoms with Crippen molar-refractivity contribution in [3.8, 4) is 17.1 Å². The first-order valence-electron chi connectivity index (χ1n) is 11.5.